The van der Waals surface area contributed by atoms with Crippen LogP contribution in [0.3, 0.4) is 0 Å². The molecule has 0 saturated carbocycles. The fourth-order valence-electron chi connectivity index (χ4n) is 2.90. The van der Waals surface area contributed by atoms with Crippen LogP contribution in [0.1, 0.15) is 0 Å². The SMILES string of the molecule is COc1ccc(OC)c(S(=O)(=O)Nc2cccc(Cl)c2N2CCOCC2)c1. The zero-order valence-corrected chi connectivity index (χ0v) is 16.6. The Morgan fingerprint density at radius 3 is 2.52 bits per heavy atom. The van der Waals surface area contributed by atoms with E-state index in [0.29, 0.717) is 48.5 Å². The van der Waals surface area contributed by atoms with Crippen molar-refractivity contribution in [3.05, 3.63) is 41.4 Å². The Morgan fingerprint density at radius 2 is 1.85 bits per heavy atom. The highest BCUT2D eigenvalue weighted by atomic mass is 35.5. The first-order valence-corrected chi connectivity index (χ1v) is 10.2. The Balaban J connectivity index is 2.01. The number of para-hydroxylation sites is 1. The topological polar surface area (TPSA) is 77.1 Å². The number of anilines is 2. The molecule has 2 aromatic rings. The Kier molecular flexibility index (Phi) is 5.98. The highest BCUT2D eigenvalue weighted by Gasteiger charge is 2.25. The molecule has 1 saturated heterocycles. The first-order valence-electron chi connectivity index (χ1n) is 8.32. The molecule has 0 bridgehead atoms. The molecule has 9 heteroatoms. The summed E-state index contributed by atoms with van der Waals surface area (Å²) < 4.78 is 44.5. The maximum atomic E-state index is 13.1. The van der Waals surface area contributed by atoms with Crippen molar-refractivity contribution in [2.75, 3.05) is 50.1 Å². The molecular formula is C18H21ClN2O5S. The molecule has 1 N–H and O–H groups in total. The average molecular weight is 413 g/mol. The van der Waals surface area contributed by atoms with Gasteiger partial charge in [-0.05, 0) is 24.3 Å². The molecule has 0 aliphatic carbocycles. The van der Waals surface area contributed by atoms with Gasteiger partial charge in [-0.1, -0.05) is 17.7 Å². The van der Waals surface area contributed by atoms with Crippen molar-refractivity contribution in [2.45, 2.75) is 4.90 Å². The van der Waals surface area contributed by atoms with Gasteiger partial charge in [-0.25, -0.2) is 8.42 Å². The molecule has 0 unspecified atom stereocenters. The molecule has 1 aliphatic rings. The zero-order valence-electron chi connectivity index (χ0n) is 15.1. The summed E-state index contributed by atoms with van der Waals surface area (Å²) in [7, 11) is -1.05. The third-order valence-electron chi connectivity index (χ3n) is 4.22. The van der Waals surface area contributed by atoms with Gasteiger partial charge >= 0.3 is 0 Å². The molecule has 27 heavy (non-hydrogen) atoms. The molecule has 0 radical (unpaired) electrons. The van der Waals surface area contributed by atoms with Crippen molar-refractivity contribution < 1.29 is 22.6 Å². The van der Waals surface area contributed by atoms with E-state index in [1.165, 1.54) is 20.3 Å². The Bertz CT molecular complexity index is 914. The fourth-order valence-corrected chi connectivity index (χ4v) is 4.45. The summed E-state index contributed by atoms with van der Waals surface area (Å²) in [6.07, 6.45) is 0. The van der Waals surface area contributed by atoms with Gasteiger partial charge in [0.1, 0.15) is 16.4 Å². The molecule has 0 aromatic heterocycles. The predicted molar refractivity (Wildman–Crippen MR) is 105 cm³/mol. The van der Waals surface area contributed by atoms with Crippen molar-refractivity contribution in [1.82, 2.24) is 0 Å². The number of nitrogens with zero attached hydrogens (tertiary/aromatic N) is 1. The summed E-state index contributed by atoms with van der Waals surface area (Å²) in [5.74, 6) is 0.633. The first-order chi connectivity index (χ1) is 13.0. The van der Waals surface area contributed by atoms with Gasteiger partial charge in [0.05, 0.1) is 43.8 Å². The van der Waals surface area contributed by atoms with E-state index in [1.807, 2.05) is 4.90 Å². The number of sulfonamides is 1. The minimum Gasteiger partial charge on any atom is -0.497 e. The summed E-state index contributed by atoms with van der Waals surface area (Å²) >= 11 is 6.38. The predicted octanol–water partition coefficient (Wildman–Crippen LogP) is 2.99. The van der Waals surface area contributed by atoms with Gasteiger partial charge in [-0.3, -0.25) is 4.72 Å². The van der Waals surface area contributed by atoms with E-state index in [9.17, 15) is 8.42 Å². The summed E-state index contributed by atoms with van der Waals surface area (Å²) in [4.78, 5) is 1.99. The number of hydrogen-bond donors (Lipinski definition) is 1. The highest BCUT2D eigenvalue weighted by molar-refractivity contribution is 7.92. The van der Waals surface area contributed by atoms with Crippen molar-refractivity contribution in [3.63, 3.8) is 0 Å². The number of halogens is 1. The Morgan fingerprint density at radius 1 is 1.11 bits per heavy atom. The number of hydrogen-bond acceptors (Lipinski definition) is 6. The van der Waals surface area contributed by atoms with Crippen LogP contribution in [-0.2, 0) is 14.8 Å². The van der Waals surface area contributed by atoms with Crippen LogP contribution < -0.4 is 19.1 Å². The maximum Gasteiger partial charge on any atom is 0.265 e. The second-order valence-electron chi connectivity index (χ2n) is 5.86. The number of rotatable bonds is 6. The number of benzene rings is 2. The lowest BCUT2D eigenvalue weighted by Crippen LogP contribution is -2.37. The summed E-state index contributed by atoms with van der Waals surface area (Å²) in [6, 6.07) is 9.72. The van der Waals surface area contributed by atoms with Crippen LogP contribution in [0.4, 0.5) is 11.4 Å². The molecule has 0 amide bonds. The van der Waals surface area contributed by atoms with Crippen LogP contribution in [0.2, 0.25) is 5.02 Å². The number of methoxy groups -OCH3 is 2. The first kappa shape index (κ1) is 19.6. The van der Waals surface area contributed by atoms with E-state index in [-0.39, 0.29) is 10.6 Å². The number of nitrogens with one attached hydrogen (secondary N) is 1. The van der Waals surface area contributed by atoms with Gasteiger partial charge in [-0.2, -0.15) is 0 Å². The lowest BCUT2D eigenvalue weighted by Gasteiger charge is -2.31. The second kappa shape index (κ2) is 8.24. The second-order valence-corrected chi connectivity index (χ2v) is 7.92. The van der Waals surface area contributed by atoms with Gasteiger partial charge < -0.3 is 19.1 Å². The minimum atomic E-state index is -3.94. The van der Waals surface area contributed by atoms with Crippen LogP contribution in [0.5, 0.6) is 11.5 Å². The molecule has 7 nitrogen and oxygen atoms in total. The monoisotopic (exact) mass is 412 g/mol. The molecule has 3 rings (SSSR count). The third-order valence-corrected chi connectivity index (χ3v) is 5.91. The number of morpholine rings is 1. The minimum absolute atomic E-state index is 0.0164. The van der Waals surface area contributed by atoms with Crippen LogP contribution in [0.25, 0.3) is 0 Å². The van der Waals surface area contributed by atoms with E-state index < -0.39 is 10.0 Å². The van der Waals surface area contributed by atoms with Crippen LogP contribution in [0.15, 0.2) is 41.3 Å². The largest absolute Gasteiger partial charge is 0.497 e. The van der Waals surface area contributed by atoms with Crippen LogP contribution in [0, 0.1) is 0 Å². The molecule has 1 aliphatic heterocycles. The Hall–Kier alpha value is -2.16. The maximum absolute atomic E-state index is 13.1. The van der Waals surface area contributed by atoms with Crippen molar-refractivity contribution in [3.8, 4) is 11.5 Å². The van der Waals surface area contributed by atoms with Crippen molar-refractivity contribution in [1.29, 1.82) is 0 Å². The van der Waals surface area contributed by atoms with Crippen molar-refractivity contribution in [2.24, 2.45) is 0 Å². The quantitative estimate of drug-likeness (QED) is 0.785. The van der Waals surface area contributed by atoms with Crippen LogP contribution >= 0.6 is 11.6 Å². The third kappa shape index (κ3) is 4.23. The molecule has 0 spiro atoms. The molecule has 1 fully saturated rings. The summed E-state index contributed by atoms with van der Waals surface area (Å²) in [5.41, 5.74) is 1.03. The van der Waals surface area contributed by atoms with Gasteiger partial charge in [0.15, 0.2) is 0 Å². The fraction of sp³-hybridized carbons (Fsp3) is 0.333. The van der Waals surface area contributed by atoms with E-state index in [1.54, 1.807) is 30.3 Å². The van der Waals surface area contributed by atoms with E-state index >= 15 is 0 Å². The zero-order chi connectivity index (χ0) is 19.4. The normalized spacial score (nSPS) is 14.7. The molecule has 0 atom stereocenters. The van der Waals surface area contributed by atoms with Gasteiger partial charge in [0.25, 0.3) is 10.0 Å². The standard InChI is InChI=1S/C18H21ClN2O5S/c1-24-13-6-7-16(25-2)17(12-13)27(22,23)20-15-5-3-4-14(19)18(15)21-8-10-26-11-9-21/h3-7,12,20H,8-11H2,1-2H3. The van der Waals surface area contributed by atoms with Gasteiger partial charge in [-0.15, -0.1) is 0 Å². The molecule has 2 aromatic carbocycles. The molecule has 146 valence electrons. The summed E-state index contributed by atoms with van der Waals surface area (Å²) in [6.45, 7) is 2.37. The van der Waals surface area contributed by atoms with Gasteiger partial charge in [0.2, 0.25) is 0 Å². The number of ether oxygens (including phenoxy) is 3. The van der Waals surface area contributed by atoms with Gasteiger partial charge in [0, 0.05) is 19.2 Å². The average Bonchev–Trinajstić information content (AvgIpc) is 2.68. The highest BCUT2D eigenvalue weighted by Crippen LogP contribution is 2.37. The van der Waals surface area contributed by atoms with E-state index in [2.05, 4.69) is 4.72 Å². The van der Waals surface area contributed by atoms with E-state index in [4.69, 9.17) is 25.8 Å². The molecular weight excluding hydrogens is 392 g/mol. The van der Waals surface area contributed by atoms with E-state index in [0.717, 1.165) is 0 Å². The van der Waals surface area contributed by atoms with Crippen molar-refractivity contribution >= 4 is 33.0 Å². The smallest absolute Gasteiger partial charge is 0.265 e. The lowest BCUT2D eigenvalue weighted by molar-refractivity contribution is 0.123. The Labute approximate surface area is 163 Å². The summed E-state index contributed by atoms with van der Waals surface area (Å²) in [5, 5.41) is 0.467. The lowest BCUT2D eigenvalue weighted by atomic mass is 10.2. The van der Waals surface area contributed by atoms with Crippen LogP contribution in [-0.4, -0.2) is 48.9 Å². The molecule has 1 heterocycles.